The molecule has 0 aliphatic carbocycles. The molecule has 1 amide bonds. The quantitative estimate of drug-likeness (QED) is 0.718. The van der Waals surface area contributed by atoms with E-state index in [0.29, 0.717) is 5.69 Å². The molecule has 0 fully saturated rings. The number of hydrogen-bond acceptors (Lipinski definition) is 2. The molecule has 0 unspecified atom stereocenters. The number of aromatic amines is 1. The molecule has 1 aromatic heterocycles. The van der Waals surface area contributed by atoms with Gasteiger partial charge in [0.2, 0.25) is 0 Å². The van der Waals surface area contributed by atoms with Crippen molar-refractivity contribution in [2.45, 2.75) is 0 Å². The van der Waals surface area contributed by atoms with Gasteiger partial charge < -0.3 is 5.73 Å². The Morgan fingerprint density at radius 1 is 1.06 bits per heavy atom. The van der Waals surface area contributed by atoms with Gasteiger partial charge in [-0.15, -0.1) is 0 Å². The van der Waals surface area contributed by atoms with Crippen molar-refractivity contribution in [1.29, 1.82) is 0 Å². The molecule has 0 radical (unpaired) electrons. The fourth-order valence-electron chi connectivity index (χ4n) is 1.94. The first-order valence-electron chi connectivity index (χ1n) is 5.58. The fraction of sp³-hybridized carbons (Fsp3) is 0. The van der Waals surface area contributed by atoms with E-state index in [1.807, 2.05) is 36.4 Å². The summed E-state index contributed by atoms with van der Waals surface area (Å²) in [7, 11) is 0. The van der Waals surface area contributed by atoms with Gasteiger partial charge in [0.1, 0.15) is 5.69 Å². The molecule has 0 saturated heterocycles. The lowest BCUT2D eigenvalue weighted by Gasteiger charge is -2.00. The number of nitrogens with zero attached hydrogens (tertiary/aromatic N) is 1. The summed E-state index contributed by atoms with van der Waals surface area (Å²) in [6, 6.07) is 15.8. The Kier molecular flexibility index (Phi) is 2.34. The minimum atomic E-state index is -0.505. The van der Waals surface area contributed by atoms with Crippen LogP contribution in [0.4, 0.5) is 0 Å². The molecule has 2 aromatic carbocycles. The van der Waals surface area contributed by atoms with E-state index < -0.39 is 5.91 Å². The molecule has 3 aromatic rings. The summed E-state index contributed by atoms with van der Waals surface area (Å²) in [6.45, 7) is 0. The Morgan fingerprint density at radius 3 is 2.56 bits per heavy atom. The van der Waals surface area contributed by atoms with Gasteiger partial charge >= 0.3 is 0 Å². The van der Waals surface area contributed by atoms with Crippen LogP contribution in [-0.4, -0.2) is 16.1 Å². The molecule has 4 nitrogen and oxygen atoms in total. The molecule has 4 heteroatoms. The molecule has 0 aliphatic rings. The second-order valence-corrected chi connectivity index (χ2v) is 4.09. The first-order chi connectivity index (χ1) is 8.74. The number of benzene rings is 2. The minimum Gasteiger partial charge on any atom is -0.364 e. The molecule has 3 rings (SSSR count). The first-order valence-corrected chi connectivity index (χ1v) is 5.58. The van der Waals surface area contributed by atoms with Gasteiger partial charge in [-0.05, 0) is 22.9 Å². The van der Waals surface area contributed by atoms with Gasteiger partial charge in [-0.3, -0.25) is 9.89 Å². The Bertz CT molecular complexity index is 730. The molecule has 0 spiro atoms. The van der Waals surface area contributed by atoms with Crippen LogP contribution < -0.4 is 5.73 Å². The number of primary amides is 1. The molecular weight excluding hydrogens is 226 g/mol. The SMILES string of the molecule is NC(=O)c1cc(-c2ccc3ccccc3c2)n[nH]1. The van der Waals surface area contributed by atoms with Gasteiger partial charge in [-0.1, -0.05) is 36.4 Å². The third-order valence-electron chi connectivity index (χ3n) is 2.89. The van der Waals surface area contributed by atoms with Crippen LogP contribution in [0, 0.1) is 0 Å². The van der Waals surface area contributed by atoms with E-state index in [2.05, 4.69) is 16.3 Å². The molecule has 0 atom stereocenters. The second kappa shape index (κ2) is 4.00. The molecule has 0 aliphatic heterocycles. The molecule has 18 heavy (non-hydrogen) atoms. The average Bonchev–Trinajstić information content (AvgIpc) is 2.88. The molecule has 88 valence electrons. The zero-order valence-corrected chi connectivity index (χ0v) is 9.55. The van der Waals surface area contributed by atoms with E-state index in [4.69, 9.17) is 5.73 Å². The number of amides is 1. The monoisotopic (exact) mass is 237 g/mol. The van der Waals surface area contributed by atoms with Crippen molar-refractivity contribution in [3.63, 3.8) is 0 Å². The summed E-state index contributed by atoms with van der Waals surface area (Å²) < 4.78 is 0. The van der Waals surface area contributed by atoms with Crippen molar-refractivity contribution in [1.82, 2.24) is 10.2 Å². The van der Waals surface area contributed by atoms with Crippen LogP contribution in [0.25, 0.3) is 22.0 Å². The number of nitrogens with two attached hydrogens (primary N) is 1. The van der Waals surface area contributed by atoms with Crippen LogP contribution in [0.15, 0.2) is 48.5 Å². The Morgan fingerprint density at radius 2 is 1.83 bits per heavy atom. The lowest BCUT2D eigenvalue weighted by atomic mass is 10.1. The van der Waals surface area contributed by atoms with E-state index in [1.165, 1.54) is 5.39 Å². The molecule has 0 bridgehead atoms. The fourth-order valence-corrected chi connectivity index (χ4v) is 1.94. The first kappa shape index (κ1) is 10.5. The van der Waals surface area contributed by atoms with Crippen molar-refractivity contribution < 1.29 is 4.79 Å². The van der Waals surface area contributed by atoms with Crippen LogP contribution in [0.1, 0.15) is 10.5 Å². The van der Waals surface area contributed by atoms with Crippen LogP contribution in [0.2, 0.25) is 0 Å². The van der Waals surface area contributed by atoms with Crippen LogP contribution in [0.3, 0.4) is 0 Å². The number of H-pyrrole nitrogens is 1. The molecule has 0 saturated carbocycles. The standard InChI is InChI=1S/C14H11N3O/c15-14(18)13-8-12(16-17-13)11-6-5-9-3-1-2-4-10(9)7-11/h1-8H,(H2,15,18)(H,16,17). The largest absolute Gasteiger partial charge is 0.364 e. The topological polar surface area (TPSA) is 71.8 Å². The second-order valence-electron chi connectivity index (χ2n) is 4.09. The summed E-state index contributed by atoms with van der Waals surface area (Å²) in [5.41, 5.74) is 7.18. The summed E-state index contributed by atoms with van der Waals surface area (Å²) >= 11 is 0. The number of carbonyl (C=O) groups excluding carboxylic acids is 1. The Labute approximate surface area is 103 Å². The number of carbonyl (C=O) groups is 1. The van der Waals surface area contributed by atoms with Crippen molar-refractivity contribution in [2.75, 3.05) is 0 Å². The lowest BCUT2D eigenvalue weighted by molar-refractivity contribution is 0.0995. The van der Waals surface area contributed by atoms with Crippen LogP contribution in [-0.2, 0) is 0 Å². The van der Waals surface area contributed by atoms with Gasteiger partial charge in [0.05, 0.1) is 5.69 Å². The predicted molar refractivity (Wildman–Crippen MR) is 70.0 cm³/mol. The average molecular weight is 237 g/mol. The van der Waals surface area contributed by atoms with E-state index in [-0.39, 0.29) is 0 Å². The molecule has 3 N–H and O–H groups in total. The zero-order valence-electron chi connectivity index (χ0n) is 9.55. The normalized spacial score (nSPS) is 10.7. The van der Waals surface area contributed by atoms with E-state index >= 15 is 0 Å². The summed E-state index contributed by atoms with van der Waals surface area (Å²) in [6.07, 6.45) is 0. The smallest absolute Gasteiger partial charge is 0.266 e. The van der Waals surface area contributed by atoms with Crippen LogP contribution >= 0.6 is 0 Å². The van der Waals surface area contributed by atoms with Gasteiger partial charge in [0, 0.05) is 5.56 Å². The third-order valence-corrected chi connectivity index (χ3v) is 2.89. The predicted octanol–water partition coefficient (Wildman–Crippen LogP) is 2.33. The highest BCUT2D eigenvalue weighted by molar-refractivity contribution is 5.92. The highest BCUT2D eigenvalue weighted by Crippen LogP contribution is 2.23. The van der Waals surface area contributed by atoms with Crippen molar-refractivity contribution in [3.05, 3.63) is 54.2 Å². The minimum absolute atomic E-state index is 0.318. The highest BCUT2D eigenvalue weighted by atomic mass is 16.1. The van der Waals surface area contributed by atoms with E-state index in [1.54, 1.807) is 6.07 Å². The van der Waals surface area contributed by atoms with Gasteiger partial charge in [0.15, 0.2) is 0 Å². The summed E-state index contributed by atoms with van der Waals surface area (Å²) in [5, 5.41) is 9.03. The maximum Gasteiger partial charge on any atom is 0.266 e. The number of aromatic nitrogens is 2. The number of fused-ring (bicyclic) bond motifs is 1. The molecule has 1 heterocycles. The maximum atomic E-state index is 11.0. The van der Waals surface area contributed by atoms with Crippen molar-refractivity contribution in [3.8, 4) is 11.3 Å². The maximum absolute atomic E-state index is 11.0. The number of rotatable bonds is 2. The van der Waals surface area contributed by atoms with Gasteiger partial charge in [-0.25, -0.2) is 0 Å². The van der Waals surface area contributed by atoms with Gasteiger partial charge in [0.25, 0.3) is 5.91 Å². The summed E-state index contributed by atoms with van der Waals surface area (Å²) in [5.74, 6) is -0.505. The van der Waals surface area contributed by atoms with E-state index in [9.17, 15) is 4.79 Å². The number of hydrogen-bond donors (Lipinski definition) is 2. The third kappa shape index (κ3) is 1.73. The van der Waals surface area contributed by atoms with Crippen LogP contribution in [0.5, 0.6) is 0 Å². The zero-order chi connectivity index (χ0) is 12.5. The van der Waals surface area contributed by atoms with Gasteiger partial charge in [-0.2, -0.15) is 5.10 Å². The van der Waals surface area contributed by atoms with E-state index in [0.717, 1.165) is 16.6 Å². The summed E-state index contributed by atoms with van der Waals surface area (Å²) in [4.78, 5) is 11.0. The Balaban J connectivity index is 2.10. The molecular formula is C14H11N3O. The number of nitrogens with one attached hydrogen (secondary N) is 1. The lowest BCUT2D eigenvalue weighted by Crippen LogP contribution is -2.10. The Hall–Kier alpha value is -2.62. The van der Waals surface area contributed by atoms with Crippen molar-refractivity contribution >= 4 is 16.7 Å². The van der Waals surface area contributed by atoms with Crippen molar-refractivity contribution in [2.24, 2.45) is 5.73 Å². The highest BCUT2D eigenvalue weighted by Gasteiger charge is 2.07.